The summed E-state index contributed by atoms with van der Waals surface area (Å²) in [5.74, 6) is 0. The van der Waals surface area contributed by atoms with E-state index in [-0.39, 0.29) is 12.1 Å². The van der Waals surface area contributed by atoms with Crippen LogP contribution in [0.2, 0.25) is 0 Å². The van der Waals surface area contributed by atoms with E-state index in [0.29, 0.717) is 0 Å². The molecule has 1 saturated carbocycles. The summed E-state index contributed by atoms with van der Waals surface area (Å²) in [7, 11) is 0. The molecular formula is C20H21N5OS. The highest BCUT2D eigenvalue weighted by Crippen LogP contribution is 2.30. The third kappa shape index (κ3) is 3.40. The molecule has 6 nitrogen and oxygen atoms in total. The van der Waals surface area contributed by atoms with Crippen molar-refractivity contribution in [3.05, 3.63) is 54.0 Å². The van der Waals surface area contributed by atoms with Crippen molar-refractivity contribution in [1.82, 2.24) is 19.6 Å². The van der Waals surface area contributed by atoms with Gasteiger partial charge in [0.2, 0.25) is 0 Å². The van der Waals surface area contributed by atoms with Gasteiger partial charge in [0.1, 0.15) is 0 Å². The number of thiazole rings is 1. The molecule has 0 radical (unpaired) electrons. The molecule has 0 amide bonds. The van der Waals surface area contributed by atoms with Crippen LogP contribution in [0.1, 0.15) is 36.9 Å². The number of hydrogen-bond donors (Lipinski definition) is 2. The summed E-state index contributed by atoms with van der Waals surface area (Å²) in [5, 5.41) is 18.8. The first-order valence-corrected chi connectivity index (χ1v) is 10.2. The zero-order chi connectivity index (χ0) is 18.2. The molecule has 27 heavy (non-hydrogen) atoms. The van der Waals surface area contributed by atoms with Gasteiger partial charge in [-0.2, -0.15) is 5.10 Å². The van der Waals surface area contributed by atoms with Crippen LogP contribution in [-0.2, 0) is 6.42 Å². The maximum atomic E-state index is 10.2. The molecule has 2 atom stereocenters. The zero-order valence-corrected chi connectivity index (χ0v) is 15.7. The minimum atomic E-state index is -0.273. The van der Waals surface area contributed by atoms with Crippen LogP contribution in [0, 0.1) is 0 Å². The first kappa shape index (κ1) is 16.6. The number of aliphatic hydroxyl groups excluding tert-OH is 1. The molecule has 5 rings (SSSR count). The van der Waals surface area contributed by atoms with E-state index in [9.17, 15) is 5.11 Å². The maximum absolute atomic E-state index is 10.2. The lowest BCUT2D eigenvalue weighted by Gasteiger charge is -2.27. The summed E-state index contributed by atoms with van der Waals surface area (Å²) in [6.45, 7) is 0. The maximum Gasteiger partial charge on any atom is 0.184 e. The van der Waals surface area contributed by atoms with Crippen molar-refractivity contribution in [1.29, 1.82) is 0 Å². The molecule has 0 spiro atoms. The van der Waals surface area contributed by atoms with Crippen LogP contribution in [0.25, 0.3) is 15.9 Å². The Balaban J connectivity index is 1.36. The topological polar surface area (TPSA) is 75.3 Å². The van der Waals surface area contributed by atoms with Crippen LogP contribution in [0.3, 0.4) is 0 Å². The number of anilines is 1. The molecule has 7 heteroatoms. The number of imidazole rings is 1. The van der Waals surface area contributed by atoms with Crippen molar-refractivity contribution in [2.24, 2.45) is 0 Å². The third-order valence-electron chi connectivity index (χ3n) is 5.16. The first-order chi connectivity index (χ1) is 13.2. The van der Waals surface area contributed by atoms with Gasteiger partial charge in [0.25, 0.3) is 0 Å². The number of rotatable bonds is 4. The molecule has 3 aromatic heterocycles. The van der Waals surface area contributed by atoms with Crippen LogP contribution in [0.5, 0.6) is 0 Å². The number of fused-ring (bicyclic) bond motifs is 2. The largest absolute Gasteiger partial charge is 0.391 e. The minimum Gasteiger partial charge on any atom is -0.391 e. The quantitative estimate of drug-likeness (QED) is 0.566. The Hall–Kier alpha value is -2.51. The van der Waals surface area contributed by atoms with E-state index in [1.165, 1.54) is 5.56 Å². The fourth-order valence-corrected chi connectivity index (χ4v) is 4.74. The van der Waals surface area contributed by atoms with Crippen molar-refractivity contribution in [3.8, 4) is 0 Å². The second kappa shape index (κ2) is 6.90. The zero-order valence-electron chi connectivity index (χ0n) is 14.9. The fraction of sp³-hybridized carbons (Fsp3) is 0.350. The Morgan fingerprint density at radius 1 is 1.19 bits per heavy atom. The van der Waals surface area contributed by atoms with Crippen LogP contribution in [0.4, 0.5) is 5.13 Å². The van der Waals surface area contributed by atoms with Crippen LogP contribution >= 0.6 is 11.3 Å². The standard InChI is InChI=1S/C20H21N5OS/c26-17-5-2-1-4-15(17)23-20-24-16-8-7-13(11-18(16)27-20)10-14-12-25-19(22-14)6-3-9-21-25/h3,6-9,11-12,15,17,26H,1-2,4-5,10H2,(H,23,24). The molecule has 2 N–H and O–H groups in total. The van der Waals surface area contributed by atoms with E-state index in [4.69, 9.17) is 4.98 Å². The SMILES string of the molecule is OC1CCCCC1Nc1nc2ccc(Cc3cn4ncccc4n3)cc2s1. The fourth-order valence-electron chi connectivity index (χ4n) is 3.75. The summed E-state index contributed by atoms with van der Waals surface area (Å²) < 4.78 is 2.96. The van der Waals surface area contributed by atoms with Gasteiger partial charge in [-0.25, -0.2) is 14.5 Å². The molecular weight excluding hydrogens is 358 g/mol. The van der Waals surface area contributed by atoms with E-state index in [1.807, 2.05) is 18.3 Å². The van der Waals surface area contributed by atoms with Gasteiger partial charge in [-0.15, -0.1) is 0 Å². The predicted molar refractivity (Wildman–Crippen MR) is 107 cm³/mol. The summed E-state index contributed by atoms with van der Waals surface area (Å²) in [5.41, 5.74) is 4.07. The second-order valence-electron chi connectivity index (χ2n) is 7.16. The van der Waals surface area contributed by atoms with Crippen molar-refractivity contribution >= 4 is 32.3 Å². The molecule has 1 aliphatic rings. The third-order valence-corrected chi connectivity index (χ3v) is 6.11. The molecule has 1 aromatic carbocycles. The van der Waals surface area contributed by atoms with Crippen LogP contribution in [0.15, 0.2) is 42.7 Å². The predicted octanol–water partition coefficient (Wildman–Crippen LogP) is 3.65. The Kier molecular flexibility index (Phi) is 4.26. The summed E-state index contributed by atoms with van der Waals surface area (Å²) in [4.78, 5) is 9.32. The number of aromatic nitrogens is 4. The molecule has 0 bridgehead atoms. The van der Waals surface area contributed by atoms with Gasteiger partial charge in [0.15, 0.2) is 10.8 Å². The van der Waals surface area contributed by atoms with Crippen molar-refractivity contribution in [2.45, 2.75) is 44.2 Å². The van der Waals surface area contributed by atoms with E-state index >= 15 is 0 Å². The smallest absolute Gasteiger partial charge is 0.184 e. The molecule has 0 aliphatic heterocycles. The lowest BCUT2D eigenvalue weighted by atomic mass is 9.93. The Bertz CT molecular complexity index is 1060. The van der Waals surface area contributed by atoms with E-state index in [0.717, 1.165) is 58.8 Å². The Morgan fingerprint density at radius 2 is 2.11 bits per heavy atom. The van der Waals surface area contributed by atoms with Crippen molar-refractivity contribution in [2.75, 3.05) is 5.32 Å². The molecule has 1 aliphatic carbocycles. The summed E-state index contributed by atoms with van der Waals surface area (Å²) in [6.07, 6.45) is 8.39. The molecule has 0 saturated heterocycles. The van der Waals surface area contributed by atoms with E-state index < -0.39 is 0 Å². The molecule has 1 fully saturated rings. The van der Waals surface area contributed by atoms with Gasteiger partial charge in [-0.05, 0) is 42.7 Å². The first-order valence-electron chi connectivity index (χ1n) is 9.38. The number of hydrogen-bond acceptors (Lipinski definition) is 6. The summed E-state index contributed by atoms with van der Waals surface area (Å²) >= 11 is 1.65. The highest BCUT2D eigenvalue weighted by atomic mass is 32.1. The average Bonchev–Trinajstić information content (AvgIpc) is 3.26. The Labute approximate surface area is 160 Å². The van der Waals surface area contributed by atoms with Gasteiger partial charge in [-0.3, -0.25) is 0 Å². The highest BCUT2D eigenvalue weighted by molar-refractivity contribution is 7.22. The van der Waals surface area contributed by atoms with Gasteiger partial charge < -0.3 is 10.4 Å². The number of benzene rings is 1. The van der Waals surface area contributed by atoms with Gasteiger partial charge in [-0.1, -0.05) is 30.2 Å². The highest BCUT2D eigenvalue weighted by Gasteiger charge is 2.23. The molecule has 4 aromatic rings. The van der Waals surface area contributed by atoms with Gasteiger partial charge in [0.05, 0.1) is 34.3 Å². The number of nitrogens with zero attached hydrogens (tertiary/aromatic N) is 4. The van der Waals surface area contributed by atoms with Crippen LogP contribution in [-0.4, -0.2) is 36.8 Å². The second-order valence-corrected chi connectivity index (χ2v) is 8.19. The van der Waals surface area contributed by atoms with Gasteiger partial charge >= 0.3 is 0 Å². The van der Waals surface area contributed by atoms with Crippen LogP contribution < -0.4 is 5.32 Å². The van der Waals surface area contributed by atoms with E-state index in [2.05, 4.69) is 33.6 Å². The van der Waals surface area contributed by atoms with Crippen molar-refractivity contribution in [3.63, 3.8) is 0 Å². The summed E-state index contributed by atoms with van der Waals surface area (Å²) in [6, 6.07) is 10.3. The lowest BCUT2D eigenvalue weighted by Crippen LogP contribution is -2.36. The average molecular weight is 379 g/mol. The minimum absolute atomic E-state index is 0.115. The van der Waals surface area contributed by atoms with E-state index in [1.54, 1.807) is 22.0 Å². The molecule has 138 valence electrons. The number of aliphatic hydroxyl groups is 1. The van der Waals surface area contributed by atoms with Crippen molar-refractivity contribution < 1.29 is 5.11 Å². The van der Waals surface area contributed by atoms with Gasteiger partial charge in [0, 0.05) is 12.6 Å². The molecule has 3 heterocycles. The monoisotopic (exact) mass is 379 g/mol. The lowest BCUT2D eigenvalue weighted by molar-refractivity contribution is 0.116. The normalized spacial score (nSPS) is 20.3. The Morgan fingerprint density at radius 3 is 3.00 bits per heavy atom. The molecule has 2 unspecified atom stereocenters. The number of nitrogens with one attached hydrogen (secondary N) is 1.